The van der Waals surface area contributed by atoms with Gasteiger partial charge in [-0.05, 0) is 29.8 Å². The zero-order valence-corrected chi connectivity index (χ0v) is 9.38. The van der Waals surface area contributed by atoms with Gasteiger partial charge in [-0.3, -0.25) is 4.98 Å². The molecule has 3 nitrogen and oxygen atoms in total. The second kappa shape index (κ2) is 3.39. The van der Waals surface area contributed by atoms with Crippen molar-refractivity contribution >= 4 is 34.3 Å². The lowest BCUT2D eigenvalue weighted by atomic mass is 10.0. The molecule has 0 saturated carbocycles. The second-order valence-electron chi connectivity index (χ2n) is 3.55. The smallest absolute Gasteiger partial charge is 0.143 e. The number of ether oxygens (including phenoxy) is 1. The molecule has 0 amide bonds. The SMILES string of the molecule is COc1ccc2nccc3c2c1NC(Cl)=C3. The lowest BCUT2D eigenvalue weighted by molar-refractivity contribution is 0.417. The molecule has 1 N–H and O–H groups in total. The van der Waals surface area contributed by atoms with Crippen LogP contribution in [0.5, 0.6) is 5.75 Å². The number of hydrogen-bond acceptors (Lipinski definition) is 3. The average Bonchev–Trinajstić information content (AvgIpc) is 2.29. The van der Waals surface area contributed by atoms with Gasteiger partial charge in [0.05, 0.1) is 18.3 Å². The number of hydrogen-bond donors (Lipinski definition) is 1. The molecule has 1 aromatic carbocycles. The number of methoxy groups -OCH3 is 1. The minimum Gasteiger partial charge on any atom is -0.495 e. The fraction of sp³-hybridized carbons (Fsp3) is 0.0833. The predicted octanol–water partition coefficient (Wildman–Crippen LogP) is 3.21. The summed E-state index contributed by atoms with van der Waals surface area (Å²) in [6.45, 7) is 0. The van der Waals surface area contributed by atoms with Crippen molar-refractivity contribution in [3.63, 3.8) is 0 Å². The lowest BCUT2D eigenvalue weighted by Gasteiger charge is -2.18. The molecule has 2 aromatic rings. The summed E-state index contributed by atoms with van der Waals surface area (Å²) >= 11 is 6.03. The summed E-state index contributed by atoms with van der Waals surface area (Å²) in [5.74, 6) is 0.771. The summed E-state index contributed by atoms with van der Waals surface area (Å²) in [7, 11) is 1.64. The first kappa shape index (κ1) is 9.48. The van der Waals surface area contributed by atoms with Gasteiger partial charge in [-0.15, -0.1) is 0 Å². The number of aromatic nitrogens is 1. The van der Waals surface area contributed by atoms with E-state index in [-0.39, 0.29) is 0 Å². The normalized spacial score (nSPS) is 13.2. The van der Waals surface area contributed by atoms with Crippen LogP contribution in [0.4, 0.5) is 5.69 Å². The van der Waals surface area contributed by atoms with Crippen LogP contribution in [-0.4, -0.2) is 12.1 Å². The Labute approximate surface area is 97.7 Å². The quantitative estimate of drug-likeness (QED) is 0.767. The van der Waals surface area contributed by atoms with Crippen molar-refractivity contribution in [3.8, 4) is 5.75 Å². The first-order valence-corrected chi connectivity index (χ1v) is 5.27. The highest BCUT2D eigenvalue weighted by Crippen LogP contribution is 2.39. The van der Waals surface area contributed by atoms with Gasteiger partial charge < -0.3 is 10.1 Å². The monoisotopic (exact) mass is 232 g/mol. The Morgan fingerprint density at radius 2 is 2.19 bits per heavy atom. The van der Waals surface area contributed by atoms with Crippen LogP contribution in [0.3, 0.4) is 0 Å². The highest BCUT2D eigenvalue weighted by atomic mass is 35.5. The Balaban J connectivity index is 2.45. The Morgan fingerprint density at radius 1 is 1.31 bits per heavy atom. The zero-order valence-electron chi connectivity index (χ0n) is 8.62. The van der Waals surface area contributed by atoms with Crippen molar-refractivity contribution < 1.29 is 4.74 Å². The number of halogens is 1. The first-order valence-electron chi connectivity index (χ1n) is 4.89. The molecule has 80 valence electrons. The molecule has 0 atom stereocenters. The lowest BCUT2D eigenvalue weighted by Crippen LogP contribution is -2.03. The molecule has 0 saturated heterocycles. The molecule has 0 unspecified atom stereocenters. The molecule has 2 heterocycles. The summed E-state index contributed by atoms with van der Waals surface area (Å²) in [6.07, 6.45) is 3.66. The van der Waals surface area contributed by atoms with Gasteiger partial charge in [-0.1, -0.05) is 11.6 Å². The van der Waals surface area contributed by atoms with Crippen LogP contribution in [0.25, 0.3) is 17.0 Å². The summed E-state index contributed by atoms with van der Waals surface area (Å²) in [5.41, 5.74) is 2.87. The summed E-state index contributed by atoms with van der Waals surface area (Å²) < 4.78 is 5.31. The number of rotatable bonds is 1. The Hall–Kier alpha value is -1.74. The van der Waals surface area contributed by atoms with Crippen molar-refractivity contribution in [1.29, 1.82) is 0 Å². The van der Waals surface area contributed by atoms with Gasteiger partial charge in [-0.25, -0.2) is 0 Å². The molecule has 0 bridgehead atoms. The Morgan fingerprint density at radius 3 is 3.00 bits per heavy atom. The second-order valence-corrected chi connectivity index (χ2v) is 3.96. The third kappa shape index (κ3) is 1.25. The maximum Gasteiger partial charge on any atom is 0.143 e. The molecular formula is C12H9ClN2O. The molecule has 1 aliphatic heterocycles. The molecule has 0 aliphatic carbocycles. The third-order valence-corrected chi connectivity index (χ3v) is 2.85. The number of pyridine rings is 1. The van der Waals surface area contributed by atoms with E-state index < -0.39 is 0 Å². The van der Waals surface area contributed by atoms with Crippen molar-refractivity contribution in [2.45, 2.75) is 0 Å². The number of anilines is 1. The van der Waals surface area contributed by atoms with E-state index in [1.165, 1.54) is 0 Å². The minimum atomic E-state index is 0.588. The molecule has 1 aliphatic rings. The maximum absolute atomic E-state index is 6.03. The van der Waals surface area contributed by atoms with E-state index in [1.807, 2.05) is 24.3 Å². The van der Waals surface area contributed by atoms with E-state index in [2.05, 4.69) is 10.3 Å². The Bertz CT molecular complexity index is 607. The molecule has 0 radical (unpaired) electrons. The molecule has 1 aromatic heterocycles. The fourth-order valence-electron chi connectivity index (χ4n) is 1.96. The zero-order chi connectivity index (χ0) is 11.1. The van der Waals surface area contributed by atoms with Gasteiger partial charge in [0, 0.05) is 11.6 Å². The van der Waals surface area contributed by atoms with Crippen molar-refractivity contribution in [2.75, 3.05) is 12.4 Å². The van der Waals surface area contributed by atoms with Gasteiger partial charge in [0.15, 0.2) is 0 Å². The Kier molecular flexibility index (Phi) is 2.01. The maximum atomic E-state index is 6.03. The van der Waals surface area contributed by atoms with E-state index in [1.54, 1.807) is 13.3 Å². The molecule has 16 heavy (non-hydrogen) atoms. The summed E-state index contributed by atoms with van der Waals surface area (Å²) in [5, 5.41) is 4.74. The van der Waals surface area contributed by atoms with Crippen LogP contribution >= 0.6 is 11.6 Å². The fourth-order valence-corrected chi connectivity index (χ4v) is 2.17. The molecule has 4 heteroatoms. The van der Waals surface area contributed by atoms with Crippen molar-refractivity contribution in [3.05, 3.63) is 35.1 Å². The van der Waals surface area contributed by atoms with E-state index in [9.17, 15) is 0 Å². The molecule has 0 fully saturated rings. The largest absolute Gasteiger partial charge is 0.495 e. The molecule has 3 rings (SSSR count). The van der Waals surface area contributed by atoms with Crippen LogP contribution in [0.15, 0.2) is 29.6 Å². The van der Waals surface area contributed by atoms with Gasteiger partial charge in [0.1, 0.15) is 10.9 Å². The predicted molar refractivity (Wildman–Crippen MR) is 65.7 cm³/mol. The van der Waals surface area contributed by atoms with Crippen LogP contribution in [-0.2, 0) is 0 Å². The van der Waals surface area contributed by atoms with E-state index in [0.717, 1.165) is 27.9 Å². The van der Waals surface area contributed by atoms with Crippen LogP contribution in [0, 0.1) is 0 Å². The van der Waals surface area contributed by atoms with Crippen LogP contribution < -0.4 is 10.1 Å². The molecular weight excluding hydrogens is 224 g/mol. The van der Waals surface area contributed by atoms with E-state index in [4.69, 9.17) is 16.3 Å². The first-order chi connectivity index (χ1) is 7.79. The summed E-state index contributed by atoms with van der Waals surface area (Å²) in [4.78, 5) is 4.32. The summed E-state index contributed by atoms with van der Waals surface area (Å²) in [6, 6.07) is 5.77. The van der Waals surface area contributed by atoms with Gasteiger partial charge >= 0.3 is 0 Å². The topological polar surface area (TPSA) is 34.1 Å². The van der Waals surface area contributed by atoms with Crippen LogP contribution in [0.2, 0.25) is 0 Å². The van der Waals surface area contributed by atoms with E-state index >= 15 is 0 Å². The van der Waals surface area contributed by atoms with Crippen LogP contribution in [0.1, 0.15) is 5.56 Å². The van der Waals surface area contributed by atoms with Gasteiger partial charge in [0.2, 0.25) is 0 Å². The highest BCUT2D eigenvalue weighted by Gasteiger charge is 2.16. The van der Waals surface area contributed by atoms with Crippen molar-refractivity contribution in [2.24, 2.45) is 0 Å². The number of nitrogens with zero attached hydrogens (tertiary/aromatic N) is 1. The van der Waals surface area contributed by atoms with Gasteiger partial charge in [0.25, 0.3) is 0 Å². The number of benzene rings is 1. The number of nitrogens with one attached hydrogen (secondary N) is 1. The minimum absolute atomic E-state index is 0.588. The molecule has 0 spiro atoms. The third-order valence-electron chi connectivity index (χ3n) is 2.65. The van der Waals surface area contributed by atoms with E-state index in [0.29, 0.717) is 5.16 Å². The van der Waals surface area contributed by atoms with Crippen molar-refractivity contribution in [1.82, 2.24) is 4.98 Å². The van der Waals surface area contributed by atoms with Gasteiger partial charge in [-0.2, -0.15) is 0 Å². The standard InChI is InChI=1S/C12H9ClN2O/c1-16-9-3-2-8-11-7(4-5-14-8)6-10(13)15-12(9)11/h2-6,15H,1H3. The highest BCUT2D eigenvalue weighted by molar-refractivity contribution is 6.34. The average molecular weight is 233 g/mol.